The van der Waals surface area contributed by atoms with Gasteiger partial charge in [-0.05, 0) is 48.0 Å². The molecule has 0 aliphatic rings. The zero-order valence-electron chi connectivity index (χ0n) is 18.7. The Balaban J connectivity index is 1.70. The molecule has 1 heterocycles. The van der Waals surface area contributed by atoms with Gasteiger partial charge in [-0.15, -0.1) is 0 Å². The first kappa shape index (κ1) is 22.5. The molecule has 0 spiro atoms. The topological polar surface area (TPSA) is 89.5 Å². The predicted octanol–water partition coefficient (Wildman–Crippen LogP) is 4.66. The van der Waals surface area contributed by atoms with E-state index in [4.69, 9.17) is 9.47 Å². The second-order valence-corrected chi connectivity index (χ2v) is 7.33. The molecule has 2 amide bonds. The number of amides is 2. The molecule has 0 bridgehead atoms. The standard InChI is InChI=1S/C27H23N3O4/c1-33-23-14-13-18(17-24(23)34-2)16-22(30-26(31)20-8-4-3-5-9-20)27(32)29-21-12-6-10-19-11-7-15-28-25(19)21/h3-17H,1-2H3,(H,29,32)(H,30,31)/b22-16+. The molecular formula is C27H23N3O4. The normalized spacial score (nSPS) is 11.1. The molecule has 0 aliphatic heterocycles. The second kappa shape index (κ2) is 10.3. The minimum Gasteiger partial charge on any atom is -0.493 e. The Labute approximate surface area is 197 Å². The summed E-state index contributed by atoms with van der Waals surface area (Å²) < 4.78 is 10.6. The maximum Gasteiger partial charge on any atom is 0.272 e. The third-order valence-electron chi connectivity index (χ3n) is 5.13. The van der Waals surface area contributed by atoms with Gasteiger partial charge < -0.3 is 20.1 Å². The zero-order chi connectivity index (χ0) is 23.9. The van der Waals surface area contributed by atoms with Gasteiger partial charge in [-0.2, -0.15) is 0 Å². The SMILES string of the molecule is COc1ccc(/C=C(/NC(=O)c2ccccc2)C(=O)Nc2cccc3cccnc23)cc1OC. The Kier molecular flexibility index (Phi) is 6.84. The van der Waals surface area contributed by atoms with Crippen LogP contribution in [0.2, 0.25) is 0 Å². The van der Waals surface area contributed by atoms with Crippen molar-refractivity contribution in [2.45, 2.75) is 0 Å². The molecule has 4 aromatic rings. The molecule has 0 unspecified atom stereocenters. The minimum absolute atomic E-state index is 0.0639. The number of methoxy groups -OCH3 is 2. The van der Waals surface area contributed by atoms with Crippen molar-refractivity contribution in [3.05, 3.63) is 102 Å². The fourth-order valence-electron chi connectivity index (χ4n) is 3.45. The summed E-state index contributed by atoms with van der Waals surface area (Å²) in [6.45, 7) is 0. The van der Waals surface area contributed by atoms with Gasteiger partial charge in [0.25, 0.3) is 11.8 Å². The molecule has 0 radical (unpaired) electrons. The average molecular weight is 453 g/mol. The summed E-state index contributed by atoms with van der Waals surface area (Å²) >= 11 is 0. The molecule has 0 atom stereocenters. The Morgan fingerprint density at radius 1 is 0.853 bits per heavy atom. The molecule has 2 N–H and O–H groups in total. The molecule has 3 aromatic carbocycles. The van der Waals surface area contributed by atoms with Crippen molar-refractivity contribution >= 4 is 34.5 Å². The van der Waals surface area contributed by atoms with E-state index < -0.39 is 11.8 Å². The highest BCUT2D eigenvalue weighted by molar-refractivity contribution is 6.12. The van der Waals surface area contributed by atoms with Crippen LogP contribution in [0.5, 0.6) is 11.5 Å². The molecule has 4 rings (SSSR count). The lowest BCUT2D eigenvalue weighted by atomic mass is 10.1. The first-order valence-corrected chi connectivity index (χ1v) is 10.5. The van der Waals surface area contributed by atoms with Crippen LogP contribution >= 0.6 is 0 Å². The first-order valence-electron chi connectivity index (χ1n) is 10.5. The molecular weight excluding hydrogens is 430 g/mol. The van der Waals surface area contributed by atoms with E-state index in [9.17, 15) is 9.59 Å². The van der Waals surface area contributed by atoms with Crippen molar-refractivity contribution in [3.8, 4) is 11.5 Å². The van der Waals surface area contributed by atoms with E-state index in [-0.39, 0.29) is 5.70 Å². The number of hydrogen-bond acceptors (Lipinski definition) is 5. The largest absolute Gasteiger partial charge is 0.493 e. The van der Waals surface area contributed by atoms with Gasteiger partial charge in [0.2, 0.25) is 0 Å². The fraction of sp³-hybridized carbons (Fsp3) is 0.0741. The van der Waals surface area contributed by atoms with Crippen molar-refractivity contribution in [2.24, 2.45) is 0 Å². The van der Waals surface area contributed by atoms with Crippen LogP contribution in [0.3, 0.4) is 0 Å². The first-order chi connectivity index (χ1) is 16.6. The smallest absolute Gasteiger partial charge is 0.272 e. The van der Waals surface area contributed by atoms with Gasteiger partial charge >= 0.3 is 0 Å². The van der Waals surface area contributed by atoms with Crippen molar-refractivity contribution in [1.82, 2.24) is 10.3 Å². The number of para-hydroxylation sites is 1. The predicted molar refractivity (Wildman–Crippen MR) is 132 cm³/mol. The van der Waals surface area contributed by atoms with Gasteiger partial charge in [0.15, 0.2) is 11.5 Å². The molecule has 0 fully saturated rings. The lowest BCUT2D eigenvalue weighted by Crippen LogP contribution is -2.30. The number of anilines is 1. The summed E-state index contributed by atoms with van der Waals surface area (Å²) in [7, 11) is 3.08. The molecule has 7 heteroatoms. The van der Waals surface area contributed by atoms with Gasteiger partial charge in [-0.25, -0.2) is 0 Å². The Morgan fingerprint density at radius 2 is 1.62 bits per heavy atom. The van der Waals surface area contributed by atoms with Crippen molar-refractivity contribution in [3.63, 3.8) is 0 Å². The maximum absolute atomic E-state index is 13.3. The second-order valence-electron chi connectivity index (χ2n) is 7.33. The van der Waals surface area contributed by atoms with E-state index >= 15 is 0 Å². The van der Waals surface area contributed by atoms with Crippen LogP contribution in [0.15, 0.2) is 90.8 Å². The van der Waals surface area contributed by atoms with Gasteiger partial charge in [0.1, 0.15) is 5.70 Å². The van der Waals surface area contributed by atoms with Crippen molar-refractivity contribution < 1.29 is 19.1 Å². The van der Waals surface area contributed by atoms with Gasteiger partial charge in [-0.1, -0.05) is 42.5 Å². The van der Waals surface area contributed by atoms with Crippen molar-refractivity contribution in [2.75, 3.05) is 19.5 Å². The maximum atomic E-state index is 13.3. The Bertz CT molecular complexity index is 1360. The van der Waals surface area contributed by atoms with E-state index in [1.54, 1.807) is 67.9 Å². The molecule has 7 nitrogen and oxygen atoms in total. The van der Waals surface area contributed by atoms with E-state index in [0.29, 0.717) is 33.8 Å². The number of aromatic nitrogens is 1. The number of fused-ring (bicyclic) bond motifs is 1. The van der Waals surface area contributed by atoms with E-state index in [2.05, 4.69) is 15.6 Å². The third kappa shape index (κ3) is 5.05. The van der Waals surface area contributed by atoms with Gasteiger partial charge in [0.05, 0.1) is 25.4 Å². The highest BCUT2D eigenvalue weighted by Gasteiger charge is 2.17. The molecule has 0 aliphatic carbocycles. The Morgan fingerprint density at radius 3 is 2.38 bits per heavy atom. The van der Waals surface area contributed by atoms with Crippen LogP contribution in [-0.4, -0.2) is 31.0 Å². The molecule has 1 aromatic heterocycles. The molecule has 170 valence electrons. The quantitative estimate of drug-likeness (QED) is 0.397. The number of nitrogens with one attached hydrogen (secondary N) is 2. The monoisotopic (exact) mass is 453 g/mol. The number of carbonyl (C=O) groups is 2. The number of carbonyl (C=O) groups excluding carboxylic acids is 2. The van der Waals surface area contributed by atoms with E-state index in [0.717, 1.165) is 5.39 Å². The lowest BCUT2D eigenvalue weighted by molar-refractivity contribution is -0.113. The number of hydrogen-bond donors (Lipinski definition) is 2. The van der Waals surface area contributed by atoms with Crippen molar-refractivity contribution in [1.29, 1.82) is 0 Å². The van der Waals surface area contributed by atoms with Crippen LogP contribution < -0.4 is 20.1 Å². The summed E-state index contributed by atoms with van der Waals surface area (Å²) in [5.41, 5.74) is 2.33. The van der Waals surface area contributed by atoms with Crippen LogP contribution in [0.4, 0.5) is 5.69 Å². The molecule has 34 heavy (non-hydrogen) atoms. The summed E-state index contributed by atoms with van der Waals surface area (Å²) in [5, 5.41) is 6.49. The van der Waals surface area contributed by atoms with E-state index in [1.807, 2.05) is 30.3 Å². The van der Waals surface area contributed by atoms with Crippen LogP contribution in [0.25, 0.3) is 17.0 Å². The van der Waals surface area contributed by atoms with Crippen LogP contribution in [-0.2, 0) is 4.79 Å². The number of nitrogens with zero attached hydrogens (tertiary/aromatic N) is 1. The number of pyridine rings is 1. The molecule has 0 saturated heterocycles. The third-order valence-corrected chi connectivity index (χ3v) is 5.13. The van der Waals surface area contributed by atoms with Gasteiger partial charge in [0, 0.05) is 17.1 Å². The van der Waals surface area contributed by atoms with E-state index in [1.165, 1.54) is 7.11 Å². The highest BCUT2D eigenvalue weighted by Crippen LogP contribution is 2.28. The lowest BCUT2D eigenvalue weighted by Gasteiger charge is -2.13. The minimum atomic E-state index is -0.489. The highest BCUT2D eigenvalue weighted by atomic mass is 16.5. The molecule has 0 saturated carbocycles. The summed E-state index contributed by atoms with van der Waals surface area (Å²) in [5.74, 6) is 0.167. The van der Waals surface area contributed by atoms with Crippen LogP contribution in [0, 0.1) is 0 Å². The van der Waals surface area contributed by atoms with Crippen LogP contribution in [0.1, 0.15) is 15.9 Å². The summed E-state index contributed by atoms with van der Waals surface area (Å²) in [4.78, 5) is 30.6. The number of benzene rings is 3. The number of ether oxygens (including phenoxy) is 2. The zero-order valence-corrected chi connectivity index (χ0v) is 18.7. The fourth-order valence-corrected chi connectivity index (χ4v) is 3.45. The summed E-state index contributed by atoms with van der Waals surface area (Å²) in [6, 6.07) is 23.2. The summed E-state index contributed by atoms with van der Waals surface area (Å²) in [6.07, 6.45) is 3.24. The van der Waals surface area contributed by atoms with Gasteiger partial charge in [-0.3, -0.25) is 14.6 Å². The Hall–Kier alpha value is -4.65. The average Bonchev–Trinajstić information content (AvgIpc) is 2.88. The number of rotatable bonds is 7.